The lowest BCUT2D eigenvalue weighted by Gasteiger charge is -2.37. The summed E-state index contributed by atoms with van der Waals surface area (Å²) in [6.45, 7) is 5.69. The van der Waals surface area contributed by atoms with Crippen LogP contribution in [-0.4, -0.2) is 34.2 Å². The van der Waals surface area contributed by atoms with Crippen molar-refractivity contribution < 1.29 is 4.74 Å². The molecule has 128 valence electrons. The lowest BCUT2D eigenvalue weighted by Crippen LogP contribution is -2.39. The fourth-order valence-corrected chi connectivity index (χ4v) is 3.83. The largest absolute Gasteiger partial charge is 0.381 e. The van der Waals surface area contributed by atoms with Crippen molar-refractivity contribution in [3.63, 3.8) is 0 Å². The topological polar surface area (TPSA) is 52.0 Å². The zero-order valence-electron chi connectivity index (χ0n) is 14.3. The Morgan fingerprint density at radius 2 is 2.17 bits per heavy atom. The fourth-order valence-electron chi connectivity index (χ4n) is 3.83. The van der Waals surface area contributed by atoms with Crippen molar-refractivity contribution in [2.75, 3.05) is 13.2 Å². The molecular formula is C19H26N4O. The van der Waals surface area contributed by atoms with Gasteiger partial charge in [0, 0.05) is 37.9 Å². The summed E-state index contributed by atoms with van der Waals surface area (Å²) in [5.41, 5.74) is 3.97. The van der Waals surface area contributed by atoms with E-state index in [1.165, 1.54) is 24.0 Å². The fraction of sp³-hybridized carbons (Fsp3) is 0.579. The number of nitrogens with zero attached hydrogens (tertiary/aromatic N) is 3. The second-order valence-electron chi connectivity index (χ2n) is 7.26. The van der Waals surface area contributed by atoms with Crippen LogP contribution in [0, 0.1) is 12.8 Å². The minimum absolute atomic E-state index is 0.592. The molecule has 24 heavy (non-hydrogen) atoms. The molecule has 1 aliphatic carbocycles. The van der Waals surface area contributed by atoms with Crippen molar-refractivity contribution in [3.8, 4) is 0 Å². The number of aryl methyl sites for hydroxylation is 1. The van der Waals surface area contributed by atoms with Crippen LogP contribution in [-0.2, 0) is 17.8 Å². The van der Waals surface area contributed by atoms with Gasteiger partial charge in [-0.2, -0.15) is 0 Å². The summed E-state index contributed by atoms with van der Waals surface area (Å²) >= 11 is 0. The van der Waals surface area contributed by atoms with Gasteiger partial charge in [0.05, 0.1) is 12.3 Å². The predicted molar refractivity (Wildman–Crippen MR) is 92.7 cm³/mol. The van der Waals surface area contributed by atoms with E-state index in [2.05, 4.69) is 53.0 Å². The standard InChI is InChI=1S/C19H26N4O/c1-14-4-2-3-5-19(14)16-8-17(9-16)20-10-18-12-23(22-21-18)11-15-6-7-24-13-15/h2-5,12,15-17,20H,6-11,13H2,1H3. The third-order valence-corrected chi connectivity index (χ3v) is 5.39. The minimum Gasteiger partial charge on any atom is -0.381 e. The highest BCUT2D eigenvalue weighted by atomic mass is 16.5. The molecule has 0 bridgehead atoms. The van der Waals surface area contributed by atoms with Crippen molar-refractivity contribution in [1.82, 2.24) is 20.3 Å². The van der Waals surface area contributed by atoms with Gasteiger partial charge in [-0.3, -0.25) is 4.68 Å². The van der Waals surface area contributed by atoms with Crippen molar-refractivity contribution >= 4 is 0 Å². The molecule has 1 N–H and O–H groups in total. The molecule has 1 unspecified atom stereocenters. The van der Waals surface area contributed by atoms with Gasteiger partial charge < -0.3 is 10.1 Å². The van der Waals surface area contributed by atoms with Gasteiger partial charge in [-0.15, -0.1) is 5.10 Å². The number of benzene rings is 1. The quantitative estimate of drug-likeness (QED) is 0.887. The van der Waals surface area contributed by atoms with E-state index in [9.17, 15) is 0 Å². The van der Waals surface area contributed by atoms with Crippen molar-refractivity contribution in [2.24, 2.45) is 5.92 Å². The van der Waals surface area contributed by atoms with E-state index in [1.807, 2.05) is 4.68 Å². The molecule has 1 saturated heterocycles. The zero-order valence-corrected chi connectivity index (χ0v) is 14.3. The van der Waals surface area contributed by atoms with Gasteiger partial charge in [0.1, 0.15) is 0 Å². The maximum absolute atomic E-state index is 5.42. The molecule has 0 spiro atoms. The van der Waals surface area contributed by atoms with Crippen molar-refractivity contribution in [1.29, 1.82) is 0 Å². The summed E-state index contributed by atoms with van der Waals surface area (Å²) in [6.07, 6.45) is 5.65. The molecule has 4 rings (SSSR count). The third-order valence-electron chi connectivity index (χ3n) is 5.39. The average Bonchev–Trinajstić information content (AvgIpc) is 3.20. The molecule has 0 radical (unpaired) electrons. The molecule has 2 aliphatic rings. The number of aromatic nitrogens is 3. The van der Waals surface area contributed by atoms with E-state index < -0.39 is 0 Å². The minimum atomic E-state index is 0.592. The Kier molecular flexibility index (Phi) is 4.63. The van der Waals surface area contributed by atoms with Crippen LogP contribution >= 0.6 is 0 Å². The van der Waals surface area contributed by atoms with E-state index in [1.54, 1.807) is 0 Å². The number of nitrogens with one attached hydrogen (secondary N) is 1. The highest BCUT2D eigenvalue weighted by molar-refractivity contribution is 5.31. The molecule has 0 amide bonds. The first-order valence-electron chi connectivity index (χ1n) is 9.03. The Bertz CT molecular complexity index is 672. The molecule has 2 aromatic rings. The van der Waals surface area contributed by atoms with Gasteiger partial charge in [-0.25, -0.2) is 0 Å². The Labute approximate surface area is 143 Å². The summed E-state index contributed by atoms with van der Waals surface area (Å²) in [5, 5.41) is 12.2. The molecule has 5 nitrogen and oxygen atoms in total. The second-order valence-corrected chi connectivity index (χ2v) is 7.26. The monoisotopic (exact) mass is 326 g/mol. The molecule has 2 fully saturated rings. The van der Waals surface area contributed by atoms with Gasteiger partial charge in [0.25, 0.3) is 0 Å². The van der Waals surface area contributed by atoms with Gasteiger partial charge >= 0.3 is 0 Å². The maximum Gasteiger partial charge on any atom is 0.0964 e. The van der Waals surface area contributed by atoms with Crippen LogP contribution in [0.25, 0.3) is 0 Å². The molecule has 2 heterocycles. The van der Waals surface area contributed by atoms with Gasteiger partial charge in [0.2, 0.25) is 0 Å². The van der Waals surface area contributed by atoms with Crippen molar-refractivity contribution in [2.45, 2.75) is 51.2 Å². The van der Waals surface area contributed by atoms with Crippen LogP contribution in [0.5, 0.6) is 0 Å². The molecular weight excluding hydrogens is 300 g/mol. The molecule has 1 atom stereocenters. The first kappa shape index (κ1) is 15.8. The van der Waals surface area contributed by atoms with Gasteiger partial charge in [0.15, 0.2) is 0 Å². The Balaban J connectivity index is 1.22. The van der Waals surface area contributed by atoms with E-state index in [4.69, 9.17) is 4.74 Å². The van der Waals surface area contributed by atoms with Crippen molar-refractivity contribution in [3.05, 3.63) is 47.3 Å². The van der Waals surface area contributed by atoms with Crippen LogP contribution in [0.15, 0.2) is 30.5 Å². The van der Waals surface area contributed by atoms with Gasteiger partial charge in [-0.1, -0.05) is 29.5 Å². The predicted octanol–water partition coefficient (Wildman–Crippen LogP) is 2.66. The highest BCUT2D eigenvalue weighted by Gasteiger charge is 2.30. The smallest absolute Gasteiger partial charge is 0.0964 e. The zero-order chi connectivity index (χ0) is 16.4. The first-order valence-corrected chi connectivity index (χ1v) is 9.03. The van der Waals surface area contributed by atoms with E-state index >= 15 is 0 Å². The van der Waals surface area contributed by atoms with E-state index in [0.717, 1.165) is 38.4 Å². The summed E-state index contributed by atoms with van der Waals surface area (Å²) in [7, 11) is 0. The molecule has 5 heteroatoms. The summed E-state index contributed by atoms with van der Waals surface area (Å²) in [6, 6.07) is 9.35. The third kappa shape index (κ3) is 3.52. The lowest BCUT2D eigenvalue weighted by atomic mass is 9.74. The summed E-state index contributed by atoms with van der Waals surface area (Å²) in [4.78, 5) is 0. The van der Waals surface area contributed by atoms with Gasteiger partial charge in [-0.05, 0) is 43.2 Å². The number of rotatable bonds is 6. The SMILES string of the molecule is Cc1ccccc1C1CC(NCc2cn(CC3CCOC3)nn2)C1. The van der Waals surface area contributed by atoms with Crippen LogP contribution in [0.3, 0.4) is 0 Å². The number of hydrogen-bond acceptors (Lipinski definition) is 4. The summed E-state index contributed by atoms with van der Waals surface area (Å²) in [5.74, 6) is 1.30. The molecule has 1 aromatic heterocycles. The lowest BCUT2D eigenvalue weighted by molar-refractivity contribution is 0.181. The summed E-state index contributed by atoms with van der Waals surface area (Å²) < 4.78 is 7.38. The molecule has 1 aliphatic heterocycles. The van der Waals surface area contributed by atoms with Crippen LogP contribution in [0.4, 0.5) is 0 Å². The van der Waals surface area contributed by atoms with E-state index in [0.29, 0.717) is 17.9 Å². The number of hydrogen-bond donors (Lipinski definition) is 1. The van der Waals surface area contributed by atoms with Crippen LogP contribution in [0.2, 0.25) is 0 Å². The van der Waals surface area contributed by atoms with Crippen LogP contribution < -0.4 is 5.32 Å². The average molecular weight is 326 g/mol. The molecule has 1 aromatic carbocycles. The Morgan fingerprint density at radius 1 is 1.29 bits per heavy atom. The molecule has 1 saturated carbocycles. The first-order chi connectivity index (χ1) is 11.8. The Morgan fingerprint density at radius 3 is 2.96 bits per heavy atom. The van der Waals surface area contributed by atoms with Crippen LogP contribution in [0.1, 0.15) is 42.0 Å². The highest BCUT2D eigenvalue weighted by Crippen LogP contribution is 2.38. The second kappa shape index (κ2) is 7.03. The Hall–Kier alpha value is -1.72. The maximum atomic E-state index is 5.42. The number of ether oxygens (including phenoxy) is 1. The van der Waals surface area contributed by atoms with E-state index in [-0.39, 0.29) is 0 Å². The normalized spacial score (nSPS) is 26.5.